The van der Waals surface area contributed by atoms with Gasteiger partial charge in [0.1, 0.15) is 11.4 Å². The molecule has 196 valence electrons. The summed E-state index contributed by atoms with van der Waals surface area (Å²) in [6, 6.07) is 18.4. The fourth-order valence-electron chi connectivity index (χ4n) is 5.40. The van der Waals surface area contributed by atoms with Gasteiger partial charge in [-0.15, -0.1) is 12.6 Å². The number of carbonyl (C=O) groups is 1. The summed E-state index contributed by atoms with van der Waals surface area (Å²) in [4.78, 5) is 22.8. The SMILES string of the molecule is Cc1ccc(O[C@@H](S)[C@@H]2CCN2)cc1C(=O)NC1(c2cc(-c3ccc4nccn4c3)cc3ncccc23)CC1. The normalized spacial score (nSPS) is 18.5. The van der Waals surface area contributed by atoms with Crippen LogP contribution in [0.4, 0.5) is 0 Å². The van der Waals surface area contributed by atoms with Crippen LogP contribution in [0.2, 0.25) is 0 Å². The second-order valence-electron chi connectivity index (χ2n) is 10.6. The van der Waals surface area contributed by atoms with Gasteiger partial charge in [-0.1, -0.05) is 12.1 Å². The summed E-state index contributed by atoms with van der Waals surface area (Å²) in [6.07, 6.45) is 10.4. The molecule has 2 atom stereocenters. The van der Waals surface area contributed by atoms with Crippen LogP contribution in [0.25, 0.3) is 27.7 Å². The average Bonchev–Trinajstić information content (AvgIpc) is 3.53. The molecule has 7 rings (SSSR count). The molecule has 4 heterocycles. The maximum absolute atomic E-state index is 13.7. The molecular formula is C31H29N5O2S. The van der Waals surface area contributed by atoms with Crippen LogP contribution in [-0.2, 0) is 5.54 Å². The summed E-state index contributed by atoms with van der Waals surface area (Å²) in [6.45, 7) is 2.94. The first kappa shape index (κ1) is 24.2. The van der Waals surface area contributed by atoms with E-state index in [1.54, 1.807) is 6.20 Å². The number of benzene rings is 2. The molecule has 1 aliphatic carbocycles. The van der Waals surface area contributed by atoms with E-state index in [4.69, 9.17) is 4.74 Å². The van der Waals surface area contributed by atoms with E-state index in [0.717, 1.165) is 64.6 Å². The van der Waals surface area contributed by atoms with Crippen LogP contribution < -0.4 is 15.4 Å². The first-order chi connectivity index (χ1) is 19.0. The number of imidazole rings is 1. The van der Waals surface area contributed by atoms with E-state index in [9.17, 15) is 4.79 Å². The molecule has 5 aromatic rings. The summed E-state index contributed by atoms with van der Waals surface area (Å²) >= 11 is 4.60. The van der Waals surface area contributed by atoms with Crippen LogP contribution in [0.3, 0.4) is 0 Å². The molecule has 7 nitrogen and oxygen atoms in total. The zero-order chi connectivity index (χ0) is 26.6. The molecule has 1 saturated carbocycles. The Morgan fingerprint density at radius 2 is 2.00 bits per heavy atom. The highest BCUT2D eigenvalue weighted by Gasteiger charge is 2.47. The van der Waals surface area contributed by atoms with Crippen molar-refractivity contribution in [1.82, 2.24) is 25.0 Å². The van der Waals surface area contributed by atoms with Crippen LogP contribution in [0.15, 0.2) is 79.4 Å². The lowest BCUT2D eigenvalue weighted by Gasteiger charge is -2.32. The quantitative estimate of drug-likeness (QED) is 0.195. The summed E-state index contributed by atoms with van der Waals surface area (Å²) in [5, 5.41) is 7.77. The van der Waals surface area contributed by atoms with Crippen LogP contribution in [0.1, 0.15) is 40.7 Å². The van der Waals surface area contributed by atoms with E-state index in [1.165, 1.54) is 0 Å². The van der Waals surface area contributed by atoms with Crippen LogP contribution in [0, 0.1) is 6.92 Å². The zero-order valence-corrected chi connectivity index (χ0v) is 22.5. The van der Waals surface area contributed by atoms with E-state index < -0.39 is 5.54 Å². The van der Waals surface area contributed by atoms with Gasteiger partial charge in [-0.25, -0.2) is 4.98 Å². The number of nitrogens with one attached hydrogen (secondary N) is 2. The number of hydrogen-bond donors (Lipinski definition) is 3. The molecule has 0 spiro atoms. The number of thiol groups is 1. The molecule has 1 aliphatic heterocycles. The number of pyridine rings is 2. The molecule has 0 radical (unpaired) electrons. The Morgan fingerprint density at radius 1 is 1.13 bits per heavy atom. The van der Waals surface area contributed by atoms with Crippen molar-refractivity contribution in [2.75, 3.05) is 6.54 Å². The molecule has 0 bridgehead atoms. The molecule has 2 aliphatic rings. The fraction of sp³-hybridized carbons (Fsp3) is 0.258. The Bertz CT molecular complexity index is 1720. The number of carbonyl (C=O) groups excluding carboxylic acids is 1. The Kier molecular flexibility index (Phi) is 5.82. The highest BCUT2D eigenvalue weighted by molar-refractivity contribution is 7.80. The minimum atomic E-state index is -0.446. The molecule has 3 aromatic heterocycles. The monoisotopic (exact) mass is 535 g/mol. The second-order valence-corrected chi connectivity index (χ2v) is 11.1. The maximum Gasteiger partial charge on any atom is 0.252 e. The minimum absolute atomic E-state index is 0.102. The summed E-state index contributed by atoms with van der Waals surface area (Å²) in [5.74, 6) is 0.547. The van der Waals surface area contributed by atoms with Crippen LogP contribution in [0.5, 0.6) is 5.75 Å². The van der Waals surface area contributed by atoms with Crippen molar-refractivity contribution in [1.29, 1.82) is 0 Å². The van der Waals surface area contributed by atoms with E-state index in [1.807, 2.05) is 54.0 Å². The van der Waals surface area contributed by atoms with E-state index in [-0.39, 0.29) is 17.4 Å². The third kappa shape index (κ3) is 4.43. The van der Waals surface area contributed by atoms with Crippen LogP contribution in [-0.4, -0.2) is 38.3 Å². The molecule has 2 fully saturated rings. The van der Waals surface area contributed by atoms with Crippen molar-refractivity contribution in [2.24, 2.45) is 0 Å². The molecule has 8 heteroatoms. The third-order valence-electron chi connectivity index (χ3n) is 7.98. The molecule has 1 amide bonds. The second kappa shape index (κ2) is 9.39. The highest BCUT2D eigenvalue weighted by atomic mass is 32.1. The van der Waals surface area contributed by atoms with Crippen molar-refractivity contribution in [2.45, 2.75) is 43.2 Å². The standard InChI is InChI=1S/C31H29N5O2S/c1-19-4-6-22(38-30(39)26-8-12-33-26)17-24(19)29(37)35-31(9-10-31)25-15-21(16-27-23(25)3-2-11-32-27)20-5-7-28-34-13-14-36(28)18-20/h2-7,11,13-18,26,30,33,39H,8-10,12H2,1H3,(H,35,37)/t26-,30-/m0/s1. The average molecular weight is 536 g/mol. The Hall–Kier alpha value is -3.88. The van der Waals surface area contributed by atoms with Gasteiger partial charge in [0.25, 0.3) is 5.91 Å². The predicted molar refractivity (Wildman–Crippen MR) is 155 cm³/mol. The lowest BCUT2D eigenvalue weighted by atomic mass is 9.93. The first-order valence-electron chi connectivity index (χ1n) is 13.3. The molecule has 39 heavy (non-hydrogen) atoms. The Morgan fingerprint density at radius 3 is 2.79 bits per heavy atom. The van der Waals surface area contributed by atoms with Gasteiger partial charge in [0.05, 0.1) is 17.1 Å². The molecule has 2 N–H and O–H groups in total. The van der Waals surface area contributed by atoms with Gasteiger partial charge in [0.15, 0.2) is 5.44 Å². The molecule has 1 saturated heterocycles. The van der Waals surface area contributed by atoms with Crippen molar-refractivity contribution < 1.29 is 9.53 Å². The molecule has 2 aromatic carbocycles. The van der Waals surface area contributed by atoms with Crippen LogP contribution >= 0.6 is 12.6 Å². The lowest BCUT2D eigenvalue weighted by Crippen LogP contribution is -2.50. The smallest absolute Gasteiger partial charge is 0.252 e. The molecule has 0 unspecified atom stereocenters. The van der Waals surface area contributed by atoms with E-state index in [2.05, 4.69) is 63.7 Å². The van der Waals surface area contributed by atoms with Gasteiger partial charge < -0.3 is 19.8 Å². The van der Waals surface area contributed by atoms with Gasteiger partial charge in [0, 0.05) is 35.7 Å². The number of hydrogen-bond acceptors (Lipinski definition) is 6. The van der Waals surface area contributed by atoms with Crippen molar-refractivity contribution in [3.05, 3.63) is 96.1 Å². The number of fused-ring (bicyclic) bond motifs is 2. The van der Waals surface area contributed by atoms with Gasteiger partial charge in [-0.3, -0.25) is 9.78 Å². The largest absolute Gasteiger partial charge is 0.478 e. The van der Waals surface area contributed by atoms with Crippen molar-refractivity contribution in [3.8, 4) is 16.9 Å². The highest BCUT2D eigenvalue weighted by Crippen LogP contribution is 2.49. The Balaban J connectivity index is 1.22. The number of nitrogens with zero attached hydrogens (tertiary/aromatic N) is 3. The summed E-state index contributed by atoms with van der Waals surface area (Å²) < 4.78 is 8.06. The minimum Gasteiger partial charge on any atom is -0.478 e. The predicted octanol–water partition coefficient (Wildman–Crippen LogP) is 5.27. The Labute approximate surface area is 232 Å². The number of ether oxygens (including phenoxy) is 1. The van der Waals surface area contributed by atoms with E-state index >= 15 is 0 Å². The molecular weight excluding hydrogens is 506 g/mol. The summed E-state index contributed by atoms with van der Waals surface area (Å²) in [5.41, 5.74) is 5.85. The van der Waals surface area contributed by atoms with E-state index in [0.29, 0.717) is 11.3 Å². The summed E-state index contributed by atoms with van der Waals surface area (Å²) in [7, 11) is 0. The number of aromatic nitrogens is 3. The number of amides is 1. The third-order valence-corrected chi connectivity index (χ3v) is 8.44. The van der Waals surface area contributed by atoms with Gasteiger partial charge in [0.2, 0.25) is 0 Å². The lowest BCUT2D eigenvalue weighted by molar-refractivity contribution is 0.0929. The number of aryl methyl sites for hydroxylation is 1. The van der Waals surface area contributed by atoms with Crippen molar-refractivity contribution >= 4 is 35.1 Å². The van der Waals surface area contributed by atoms with Crippen molar-refractivity contribution in [3.63, 3.8) is 0 Å². The van der Waals surface area contributed by atoms with Gasteiger partial charge in [-0.05, 0) is 97.4 Å². The fourth-order valence-corrected chi connectivity index (χ4v) is 5.78. The number of rotatable bonds is 7. The first-order valence-corrected chi connectivity index (χ1v) is 13.8. The van der Waals surface area contributed by atoms with Gasteiger partial charge in [-0.2, -0.15) is 0 Å². The van der Waals surface area contributed by atoms with Gasteiger partial charge >= 0.3 is 0 Å². The topological polar surface area (TPSA) is 80.5 Å². The maximum atomic E-state index is 13.7. The zero-order valence-electron chi connectivity index (χ0n) is 21.6.